The zero-order valence-electron chi connectivity index (χ0n) is 8.87. The number of ether oxygens (including phenoxy) is 1. The molecule has 2 nitrogen and oxygen atoms in total. The Balaban J connectivity index is 3.19. The minimum atomic E-state index is 0.0456. The largest absolute Gasteiger partial charge is 0.496 e. The fourth-order valence-corrected chi connectivity index (χ4v) is 1.58. The summed E-state index contributed by atoms with van der Waals surface area (Å²) >= 11 is 4.42. The number of thiol groups is 1. The minimum Gasteiger partial charge on any atom is -0.496 e. The third-order valence-electron chi connectivity index (χ3n) is 2.43. The van der Waals surface area contributed by atoms with E-state index in [1.807, 2.05) is 6.07 Å². The average Bonchev–Trinajstić information content (AvgIpc) is 2.20. The molecule has 0 amide bonds. The van der Waals surface area contributed by atoms with Crippen LogP contribution in [0.15, 0.2) is 12.1 Å². The van der Waals surface area contributed by atoms with Gasteiger partial charge in [-0.05, 0) is 31.0 Å². The van der Waals surface area contributed by atoms with Crippen LogP contribution in [0.2, 0.25) is 0 Å². The maximum atomic E-state index is 5.58. The molecule has 14 heavy (non-hydrogen) atoms. The number of rotatable bonds is 3. The summed E-state index contributed by atoms with van der Waals surface area (Å²) in [5.41, 5.74) is 9.12. The van der Waals surface area contributed by atoms with E-state index < -0.39 is 0 Å². The van der Waals surface area contributed by atoms with Crippen LogP contribution in [0, 0.1) is 13.8 Å². The predicted molar refractivity (Wildman–Crippen MR) is 63.2 cm³/mol. The topological polar surface area (TPSA) is 35.2 Å². The van der Waals surface area contributed by atoms with Gasteiger partial charge in [0, 0.05) is 17.4 Å². The Bertz CT molecular complexity index is 325. The van der Waals surface area contributed by atoms with Crippen LogP contribution in [-0.4, -0.2) is 13.7 Å². The maximum absolute atomic E-state index is 5.58. The first kappa shape index (κ1) is 11.4. The standard InChI is InChI=1S/C11H17NOS/c1-7-4-9(11(14)6-12)10(13-3)5-8(7)2/h4-5,11,14H,6,12H2,1-3H3. The molecular weight excluding hydrogens is 194 g/mol. The summed E-state index contributed by atoms with van der Waals surface area (Å²) in [5, 5.41) is 0.0456. The number of hydrogen-bond acceptors (Lipinski definition) is 3. The molecular formula is C11H17NOS. The third kappa shape index (κ3) is 2.22. The summed E-state index contributed by atoms with van der Waals surface area (Å²) in [7, 11) is 1.67. The second kappa shape index (κ2) is 4.71. The molecule has 0 radical (unpaired) electrons. The minimum absolute atomic E-state index is 0.0456. The molecule has 0 heterocycles. The van der Waals surface area contributed by atoms with Gasteiger partial charge >= 0.3 is 0 Å². The Kier molecular flexibility index (Phi) is 3.84. The van der Waals surface area contributed by atoms with E-state index in [1.54, 1.807) is 7.11 Å². The highest BCUT2D eigenvalue weighted by atomic mass is 32.1. The van der Waals surface area contributed by atoms with Crippen molar-refractivity contribution in [2.24, 2.45) is 5.73 Å². The summed E-state index contributed by atoms with van der Waals surface area (Å²) in [6, 6.07) is 4.13. The van der Waals surface area contributed by atoms with Gasteiger partial charge < -0.3 is 10.5 Å². The fraction of sp³-hybridized carbons (Fsp3) is 0.455. The monoisotopic (exact) mass is 211 g/mol. The SMILES string of the molecule is COc1cc(C)c(C)cc1C(S)CN. The zero-order valence-corrected chi connectivity index (χ0v) is 9.77. The van der Waals surface area contributed by atoms with E-state index in [-0.39, 0.29) is 5.25 Å². The first-order valence-corrected chi connectivity index (χ1v) is 5.15. The fourth-order valence-electron chi connectivity index (χ4n) is 1.38. The molecule has 0 aromatic heterocycles. The molecule has 0 aliphatic rings. The summed E-state index contributed by atoms with van der Waals surface area (Å²) in [6.45, 7) is 4.66. The Morgan fingerprint density at radius 1 is 1.36 bits per heavy atom. The lowest BCUT2D eigenvalue weighted by Gasteiger charge is -2.15. The highest BCUT2D eigenvalue weighted by Crippen LogP contribution is 2.31. The smallest absolute Gasteiger partial charge is 0.123 e. The molecule has 1 unspecified atom stereocenters. The van der Waals surface area contributed by atoms with E-state index in [2.05, 4.69) is 32.5 Å². The van der Waals surface area contributed by atoms with E-state index >= 15 is 0 Å². The molecule has 0 aliphatic heterocycles. The Morgan fingerprint density at radius 2 is 1.93 bits per heavy atom. The van der Waals surface area contributed by atoms with Crippen LogP contribution in [-0.2, 0) is 0 Å². The van der Waals surface area contributed by atoms with Gasteiger partial charge in [-0.2, -0.15) is 12.6 Å². The molecule has 78 valence electrons. The number of methoxy groups -OCH3 is 1. The highest BCUT2D eigenvalue weighted by molar-refractivity contribution is 7.80. The second-order valence-electron chi connectivity index (χ2n) is 3.43. The van der Waals surface area contributed by atoms with Crippen LogP contribution in [0.4, 0.5) is 0 Å². The first-order valence-electron chi connectivity index (χ1n) is 4.63. The van der Waals surface area contributed by atoms with E-state index in [0.717, 1.165) is 11.3 Å². The second-order valence-corrected chi connectivity index (χ2v) is 4.05. The summed E-state index contributed by atoms with van der Waals surface area (Å²) in [4.78, 5) is 0. The lowest BCUT2D eigenvalue weighted by atomic mass is 10.0. The van der Waals surface area contributed by atoms with E-state index in [9.17, 15) is 0 Å². The number of benzene rings is 1. The number of aryl methyl sites for hydroxylation is 2. The van der Waals surface area contributed by atoms with Crippen molar-refractivity contribution in [3.8, 4) is 5.75 Å². The van der Waals surface area contributed by atoms with Crippen molar-refractivity contribution in [3.05, 3.63) is 28.8 Å². The molecule has 0 saturated carbocycles. The molecule has 0 saturated heterocycles. The molecule has 0 spiro atoms. The number of hydrogen-bond donors (Lipinski definition) is 2. The van der Waals surface area contributed by atoms with Gasteiger partial charge in [0.2, 0.25) is 0 Å². The molecule has 3 heteroatoms. The van der Waals surface area contributed by atoms with Crippen molar-refractivity contribution in [1.29, 1.82) is 0 Å². The van der Waals surface area contributed by atoms with Gasteiger partial charge in [0.15, 0.2) is 0 Å². The maximum Gasteiger partial charge on any atom is 0.123 e. The Labute approximate surface area is 90.9 Å². The van der Waals surface area contributed by atoms with Crippen LogP contribution < -0.4 is 10.5 Å². The molecule has 0 bridgehead atoms. The van der Waals surface area contributed by atoms with Crippen LogP contribution in [0.25, 0.3) is 0 Å². The summed E-state index contributed by atoms with van der Waals surface area (Å²) < 4.78 is 5.30. The van der Waals surface area contributed by atoms with Gasteiger partial charge in [0.1, 0.15) is 5.75 Å². The van der Waals surface area contributed by atoms with Crippen molar-refractivity contribution in [1.82, 2.24) is 0 Å². The van der Waals surface area contributed by atoms with Crippen molar-refractivity contribution in [3.63, 3.8) is 0 Å². The molecule has 1 rings (SSSR count). The van der Waals surface area contributed by atoms with Gasteiger partial charge in [-0.25, -0.2) is 0 Å². The zero-order chi connectivity index (χ0) is 10.7. The van der Waals surface area contributed by atoms with Crippen molar-refractivity contribution in [2.45, 2.75) is 19.1 Å². The van der Waals surface area contributed by atoms with Crippen molar-refractivity contribution < 1.29 is 4.74 Å². The molecule has 0 aliphatic carbocycles. The van der Waals surface area contributed by atoms with Crippen LogP contribution in [0.3, 0.4) is 0 Å². The Morgan fingerprint density at radius 3 is 2.43 bits per heavy atom. The van der Waals surface area contributed by atoms with Gasteiger partial charge in [0.25, 0.3) is 0 Å². The van der Waals surface area contributed by atoms with Gasteiger partial charge in [-0.3, -0.25) is 0 Å². The van der Waals surface area contributed by atoms with E-state index in [0.29, 0.717) is 6.54 Å². The molecule has 1 aromatic carbocycles. The first-order chi connectivity index (χ1) is 6.60. The van der Waals surface area contributed by atoms with Crippen LogP contribution in [0.5, 0.6) is 5.75 Å². The molecule has 2 N–H and O–H groups in total. The molecule has 1 atom stereocenters. The third-order valence-corrected chi connectivity index (χ3v) is 2.92. The van der Waals surface area contributed by atoms with E-state index in [1.165, 1.54) is 11.1 Å². The summed E-state index contributed by atoms with van der Waals surface area (Å²) in [5.74, 6) is 0.874. The summed E-state index contributed by atoms with van der Waals surface area (Å²) in [6.07, 6.45) is 0. The average molecular weight is 211 g/mol. The molecule has 0 fully saturated rings. The van der Waals surface area contributed by atoms with Crippen molar-refractivity contribution >= 4 is 12.6 Å². The predicted octanol–water partition coefficient (Wildman–Crippen LogP) is 2.24. The van der Waals surface area contributed by atoms with Gasteiger partial charge in [-0.1, -0.05) is 6.07 Å². The lowest BCUT2D eigenvalue weighted by Crippen LogP contribution is -2.08. The van der Waals surface area contributed by atoms with Crippen molar-refractivity contribution in [2.75, 3.05) is 13.7 Å². The highest BCUT2D eigenvalue weighted by Gasteiger charge is 2.12. The molecule has 1 aromatic rings. The van der Waals surface area contributed by atoms with Gasteiger partial charge in [0.05, 0.1) is 7.11 Å². The van der Waals surface area contributed by atoms with Crippen LogP contribution in [0.1, 0.15) is 21.9 Å². The lowest BCUT2D eigenvalue weighted by molar-refractivity contribution is 0.409. The Hall–Kier alpha value is -0.670. The van der Waals surface area contributed by atoms with E-state index in [4.69, 9.17) is 10.5 Å². The van der Waals surface area contributed by atoms with Gasteiger partial charge in [-0.15, -0.1) is 0 Å². The normalized spacial score (nSPS) is 12.6. The number of nitrogens with two attached hydrogens (primary N) is 1. The quantitative estimate of drug-likeness (QED) is 0.752. The van der Waals surface area contributed by atoms with Crippen LogP contribution >= 0.6 is 12.6 Å².